The third-order valence-electron chi connectivity index (χ3n) is 2.22. The van der Waals surface area contributed by atoms with Gasteiger partial charge in [-0.05, 0) is 24.3 Å². The molecule has 0 aliphatic rings. The highest BCUT2D eigenvalue weighted by molar-refractivity contribution is 5.89. The van der Waals surface area contributed by atoms with Crippen LogP contribution in [0.4, 0.5) is 0 Å². The van der Waals surface area contributed by atoms with E-state index in [9.17, 15) is 9.59 Å². The number of carbonyl (C=O) groups excluding carboxylic acids is 1. The van der Waals surface area contributed by atoms with Crippen LogP contribution in [0.15, 0.2) is 60.7 Å². The van der Waals surface area contributed by atoms with E-state index in [0.29, 0.717) is 11.1 Å². The smallest absolute Gasteiger partial charge is 0.337 e. The van der Waals surface area contributed by atoms with Crippen LogP contribution in [0.5, 0.6) is 0 Å². The molecule has 0 spiro atoms. The first-order valence-electron chi connectivity index (χ1n) is 5.57. The van der Waals surface area contributed by atoms with Crippen molar-refractivity contribution in [2.45, 2.75) is 0 Å². The lowest BCUT2D eigenvalue weighted by Gasteiger charge is -1.95. The number of methoxy groups -OCH3 is 1. The largest absolute Gasteiger partial charge is 0.478 e. The highest BCUT2D eigenvalue weighted by atomic mass is 35.5. The number of hydrogen-bond acceptors (Lipinski definition) is 3. The molecule has 4 nitrogen and oxygen atoms in total. The van der Waals surface area contributed by atoms with E-state index in [2.05, 4.69) is 4.74 Å². The molecule has 106 valence electrons. The second-order valence-corrected chi connectivity index (χ2v) is 3.53. The molecule has 1 N–H and O–H groups in total. The van der Waals surface area contributed by atoms with Crippen molar-refractivity contribution in [2.24, 2.45) is 0 Å². The number of aromatic carboxylic acids is 1. The minimum Gasteiger partial charge on any atom is -0.478 e. The third kappa shape index (κ3) is 6.02. The molecule has 20 heavy (non-hydrogen) atoms. The predicted octanol–water partition coefficient (Wildman–Crippen LogP) is 3.28. The van der Waals surface area contributed by atoms with Crippen molar-refractivity contribution in [3.8, 4) is 0 Å². The molecule has 0 radical (unpaired) electrons. The summed E-state index contributed by atoms with van der Waals surface area (Å²) >= 11 is 0. The van der Waals surface area contributed by atoms with Gasteiger partial charge in [0.05, 0.1) is 18.2 Å². The Hall–Kier alpha value is -2.33. The number of hydrogen-bond donors (Lipinski definition) is 1. The predicted molar refractivity (Wildman–Crippen MR) is 78.4 cm³/mol. The molecule has 0 amide bonds. The van der Waals surface area contributed by atoms with E-state index in [1.165, 1.54) is 7.11 Å². The van der Waals surface area contributed by atoms with Crippen molar-refractivity contribution in [2.75, 3.05) is 7.11 Å². The third-order valence-corrected chi connectivity index (χ3v) is 2.22. The molecule has 0 aliphatic carbocycles. The van der Waals surface area contributed by atoms with Gasteiger partial charge in [0.25, 0.3) is 0 Å². The van der Waals surface area contributed by atoms with Gasteiger partial charge in [-0.15, -0.1) is 12.4 Å². The van der Waals surface area contributed by atoms with E-state index in [1.807, 2.05) is 6.07 Å². The second-order valence-electron chi connectivity index (χ2n) is 3.53. The van der Waals surface area contributed by atoms with Gasteiger partial charge in [-0.1, -0.05) is 36.4 Å². The van der Waals surface area contributed by atoms with Crippen molar-refractivity contribution >= 4 is 24.3 Å². The first kappa shape index (κ1) is 17.7. The van der Waals surface area contributed by atoms with Crippen LogP contribution in [0.1, 0.15) is 20.7 Å². The first-order valence-corrected chi connectivity index (χ1v) is 5.57. The van der Waals surface area contributed by atoms with Gasteiger partial charge in [0, 0.05) is 0 Å². The fraction of sp³-hybridized carbons (Fsp3) is 0.0667. The number of rotatable bonds is 2. The van der Waals surface area contributed by atoms with Crippen molar-refractivity contribution in [1.82, 2.24) is 0 Å². The summed E-state index contributed by atoms with van der Waals surface area (Å²) in [6.45, 7) is 0. The minimum atomic E-state index is -0.879. The molecule has 2 rings (SSSR count). The lowest BCUT2D eigenvalue weighted by Crippen LogP contribution is -1.99. The van der Waals surface area contributed by atoms with E-state index >= 15 is 0 Å². The molecule has 0 saturated heterocycles. The molecule has 0 heterocycles. The van der Waals surface area contributed by atoms with Gasteiger partial charge in [0.2, 0.25) is 0 Å². The Labute approximate surface area is 123 Å². The fourth-order valence-corrected chi connectivity index (χ4v) is 1.27. The average Bonchev–Trinajstić information content (AvgIpc) is 2.49. The number of carboxylic acids is 1. The molecule has 0 unspecified atom stereocenters. The molecule has 5 heteroatoms. The summed E-state index contributed by atoms with van der Waals surface area (Å²) in [5.41, 5.74) is 0.919. The minimum absolute atomic E-state index is 0. The lowest BCUT2D eigenvalue weighted by atomic mass is 10.2. The van der Waals surface area contributed by atoms with Crippen molar-refractivity contribution < 1.29 is 19.4 Å². The van der Waals surface area contributed by atoms with E-state index in [-0.39, 0.29) is 18.4 Å². The van der Waals surface area contributed by atoms with Crippen LogP contribution in [-0.2, 0) is 4.74 Å². The van der Waals surface area contributed by atoms with E-state index < -0.39 is 5.97 Å². The molecule has 0 atom stereocenters. The van der Waals surface area contributed by atoms with E-state index in [4.69, 9.17) is 5.11 Å². The van der Waals surface area contributed by atoms with Crippen molar-refractivity contribution in [3.63, 3.8) is 0 Å². The van der Waals surface area contributed by atoms with Crippen LogP contribution < -0.4 is 0 Å². The fourth-order valence-electron chi connectivity index (χ4n) is 1.27. The van der Waals surface area contributed by atoms with Gasteiger partial charge in [-0.25, -0.2) is 9.59 Å². The zero-order chi connectivity index (χ0) is 14.1. The quantitative estimate of drug-likeness (QED) is 0.863. The van der Waals surface area contributed by atoms with Gasteiger partial charge in [0.1, 0.15) is 0 Å². The summed E-state index contributed by atoms with van der Waals surface area (Å²) in [4.78, 5) is 21.0. The van der Waals surface area contributed by atoms with Crippen LogP contribution in [0.2, 0.25) is 0 Å². The zero-order valence-electron chi connectivity index (χ0n) is 10.9. The van der Waals surface area contributed by atoms with E-state index in [1.54, 1.807) is 54.6 Å². The molecule has 2 aromatic rings. The molecular formula is C15H15ClO4. The summed E-state index contributed by atoms with van der Waals surface area (Å²) in [7, 11) is 1.37. The summed E-state index contributed by atoms with van der Waals surface area (Å²) in [5, 5.41) is 8.38. The Morgan fingerprint density at radius 2 is 1.25 bits per heavy atom. The highest BCUT2D eigenvalue weighted by Gasteiger charge is 2.00. The highest BCUT2D eigenvalue weighted by Crippen LogP contribution is 1.99. The molecule has 0 fully saturated rings. The number of carbonyl (C=O) groups is 2. The van der Waals surface area contributed by atoms with Crippen LogP contribution >= 0.6 is 12.4 Å². The van der Waals surface area contributed by atoms with Gasteiger partial charge >= 0.3 is 11.9 Å². The van der Waals surface area contributed by atoms with Crippen LogP contribution in [0.25, 0.3) is 0 Å². The van der Waals surface area contributed by atoms with Crippen molar-refractivity contribution in [1.29, 1.82) is 0 Å². The van der Waals surface area contributed by atoms with Crippen LogP contribution in [-0.4, -0.2) is 24.2 Å². The van der Waals surface area contributed by atoms with Gasteiger partial charge in [-0.3, -0.25) is 0 Å². The number of benzene rings is 2. The summed E-state index contributed by atoms with van der Waals surface area (Å²) in [6, 6.07) is 17.2. The Bertz CT molecular complexity index is 526. The number of carboxylic acid groups (broad SMARTS) is 1. The normalized spacial score (nSPS) is 8.45. The molecule has 0 aromatic heterocycles. The van der Waals surface area contributed by atoms with Crippen LogP contribution in [0, 0.1) is 0 Å². The molecule has 0 aliphatic heterocycles. The average molecular weight is 295 g/mol. The van der Waals surface area contributed by atoms with Gasteiger partial charge < -0.3 is 9.84 Å². The Kier molecular flexibility index (Phi) is 8.46. The Morgan fingerprint density at radius 3 is 1.55 bits per heavy atom. The summed E-state index contributed by atoms with van der Waals surface area (Å²) in [5.74, 6) is -1.17. The van der Waals surface area contributed by atoms with Crippen molar-refractivity contribution in [3.05, 3.63) is 71.8 Å². The zero-order valence-corrected chi connectivity index (χ0v) is 11.7. The molecule has 0 bridgehead atoms. The monoisotopic (exact) mass is 294 g/mol. The molecular weight excluding hydrogens is 280 g/mol. The van der Waals surface area contributed by atoms with Crippen LogP contribution in [0.3, 0.4) is 0 Å². The van der Waals surface area contributed by atoms with E-state index in [0.717, 1.165) is 0 Å². The second kappa shape index (κ2) is 9.58. The maximum atomic E-state index is 10.8. The summed E-state index contributed by atoms with van der Waals surface area (Å²) in [6.07, 6.45) is 0. The van der Waals surface area contributed by atoms with Gasteiger partial charge in [0.15, 0.2) is 0 Å². The number of esters is 1. The van der Waals surface area contributed by atoms with Gasteiger partial charge in [-0.2, -0.15) is 0 Å². The SMILES string of the molecule is COC(=O)c1ccccc1.Cl.O=C(O)c1ccccc1. The molecule has 2 aromatic carbocycles. The Morgan fingerprint density at radius 1 is 0.850 bits per heavy atom. The molecule has 0 saturated carbocycles. The standard InChI is InChI=1S/C8H8O2.C7H6O2.ClH/c1-10-8(9)7-5-3-2-4-6-7;8-7(9)6-4-2-1-3-5-6;/h2-6H,1H3;1-5H,(H,8,9);1H. The maximum Gasteiger partial charge on any atom is 0.337 e. The topological polar surface area (TPSA) is 63.6 Å². The first-order chi connectivity index (χ1) is 9.15. The Balaban J connectivity index is 0.000000345. The number of ether oxygens (including phenoxy) is 1. The summed E-state index contributed by atoms with van der Waals surface area (Å²) < 4.78 is 4.50. The number of halogens is 1. The maximum absolute atomic E-state index is 10.8. The lowest BCUT2D eigenvalue weighted by molar-refractivity contribution is 0.0600.